The number of primary amides is 1. The average Bonchev–Trinajstić information content (AvgIpc) is 2.79. The molecule has 2 aromatic carbocycles. The number of nitrogens with two attached hydrogens (primary N) is 1. The van der Waals surface area contributed by atoms with E-state index in [0.717, 1.165) is 43.6 Å². The first kappa shape index (κ1) is 22.5. The summed E-state index contributed by atoms with van der Waals surface area (Å²) < 4.78 is 0. The molecule has 5 rings (SSSR count). The van der Waals surface area contributed by atoms with E-state index in [-0.39, 0.29) is 17.9 Å². The Hall–Kier alpha value is -2.69. The summed E-state index contributed by atoms with van der Waals surface area (Å²) in [4.78, 5) is 39.4. The van der Waals surface area contributed by atoms with Crippen LogP contribution in [0.5, 0.6) is 0 Å². The first-order chi connectivity index (χ1) is 15.4. The van der Waals surface area contributed by atoms with Gasteiger partial charge in [-0.15, -0.1) is 0 Å². The van der Waals surface area contributed by atoms with Crippen LogP contribution in [-0.2, 0) is 0 Å². The lowest BCUT2D eigenvalue weighted by Crippen LogP contribution is -2.47. The maximum Gasteiger partial charge on any atom is 0.261 e. The van der Waals surface area contributed by atoms with Gasteiger partial charge in [-0.3, -0.25) is 19.3 Å². The molecule has 1 heterocycles. The fraction of sp³-hybridized carbons (Fsp3) is 0.519. The van der Waals surface area contributed by atoms with Crippen molar-refractivity contribution in [2.75, 3.05) is 0 Å². The molecule has 32 heavy (non-hydrogen) atoms. The Kier molecular flexibility index (Phi) is 6.63. The number of carbonyl (C=O) groups is 3. The molecular weight excluding hydrogens is 400 g/mol. The minimum Gasteiger partial charge on any atom is -0.366 e. The molecule has 2 N–H and O–H groups in total. The van der Waals surface area contributed by atoms with Gasteiger partial charge in [0.1, 0.15) is 0 Å². The van der Waals surface area contributed by atoms with Crippen LogP contribution in [0, 0.1) is 12.8 Å². The summed E-state index contributed by atoms with van der Waals surface area (Å²) in [6.07, 6.45) is 12.4. The van der Waals surface area contributed by atoms with Gasteiger partial charge in [-0.1, -0.05) is 64.4 Å². The van der Waals surface area contributed by atoms with Crippen molar-refractivity contribution >= 4 is 28.5 Å². The second-order valence-electron chi connectivity index (χ2n) is 9.72. The number of nitrogens with zero attached hydrogens (tertiary/aromatic N) is 1. The maximum absolute atomic E-state index is 13.1. The number of hydrogen-bond donors (Lipinski definition) is 1. The molecule has 1 aliphatic heterocycles. The minimum absolute atomic E-state index is 0.0333. The van der Waals surface area contributed by atoms with E-state index in [4.69, 9.17) is 5.73 Å². The first-order valence-electron chi connectivity index (χ1n) is 12.1. The molecule has 0 atom stereocenters. The molecule has 3 amide bonds. The molecule has 0 aromatic heterocycles. The molecule has 0 unspecified atom stereocenters. The molecule has 5 heteroatoms. The third kappa shape index (κ3) is 4.17. The molecule has 170 valence electrons. The Morgan fingerprint density at radius 1 is 0.812 bits per heavy atom. The Balaban J connectivity index is 0.000000300. The predicted octanol–water partition coefficient (Wildman–Crippen LogP) is 5.76. The third-order valence-corrected chi connectivity index (χ3v) is 7.37. The SMILES string of the molecule is CC1CCCCC1.Cc1ccc2c3c(ccc(C(N)=O)c13)C(=O)N(C1CCCCC1)C2=O. The monoisotopic (exact) mass is 434 g/mol. The zero-order valence-corrected chi connectivity index (χ0v) is 19.3. The molecule has 0 spiro atoms. The van der Waals surface area contributed by atoms with Crippen molar-refractivity contribution in [3.63, 3.8) is 0 Å². The largest absolute Gasteiger partial charge is 0.366 e. The van der Waals surface area contributed by atoms with Crippen molar-refractivity contribution in [1.29, 1.82) is 0 Å². The fourth-order valence-corrected chi connectivity index (χ4v) is 5.56. The van der Waals surface area contributed by atoms with Gasteiger partial charge in [-0.2, -0.15) is 0 Å². The molecule has 0 bridgehead atoms. The maximum atomic E-state index is 13.1. The number of aryl methyl sites for hydroxylation is 1. The molecule has 0 radical (unpaired) electrons. The molecule has 2 aromatic rings. The number of benzene rings is 2. The Morgan fingerprint density at radius 3 is 1.84 bits per heavy atom. The molecule has 0 saturated heterocycles. The van der Waals surface area contributed by atoms with Crippen LogP contribution in [-0.4, -0.2) is 28.7 Å². The van der Waals surface area contributed by atoms with Gasteiger partial charge >= 0.3 is 0 Å². The number of amides is 3. The van der Waals surface area contributed by atoms with Crippen LogP contribution in [0.1, 0.15) is 108 Å². The van der Waals surface area contributed by atoms with Gasteiger partial charge in [-0.25, -0.2) is 0 Å². The van der Waals surface area contributed by atoms with Gasteiger partial charge in [-0.05, 0) is 54.8 Å². The lowest BCUT2D eigenvalue weighted by molar-refractivity contribution is 0.0502. The Labute approximate surface area is 190 Å². The van der Waals surface area contributed by atoms with Crippen LogP contribution in [0.4, 0.5) is 0 Å². The zero-order chi connectivity index (χ0) is 22.8. The smallest absolute Gasteiger partial charge is 0.261 e. The highest BCUT2D eigenvalue weighted by molar-refractivity contribution is 6.28. The van der Waals surface area contributed by atoms with Crippen molar-refractivity contribution in [3.05, 3.63) is 46.5 Å². The van der Waals surface area contributed by atoms with E-state index in [9.17, 15) is 14.4 Å². The molecular formula is C27H34N2O3. The fourth-order valence-electron chi connectivity index (χ4n) is 5.56. The summed E-state index contributed by atoms with van der Waals surface area (Å²) >= 11 is 0. The van der Waals surface area contributed by atoms with Gasteiger partial charge < -0.3 is 5.73 Å². The van der Waals surface area contributed by atoms with Crippen LogP contribution in [0.3, 0.4) is 0 Å². The van der Waals surface area contributed by atoms with Crippen LogP contribution < -0.4 is 5.73 Å². The normalized spacial score (nSPS) is 19.6. The van der Waals surface area contributed by atoms with E-state index in [1.807, 2.05) is 13.0 Å². The molecule has 2 aliphatic carbocycles. The van der Waals surface area contributed by atoms with Crippen LogP contribution >= 0.6 is 0 Å². The van der Waals surface area contributed by atoms with E-state index < -0.39 is 5.91 Å². The summed E-state index contributed by atoms with van der Waals surface area (Å²) in [7, 11) is 0. The summed E-state index contributed by atoms with van der Waals surface area (Å²) in [6, 6.07) is 6.78. The standard InChI is InChI=1S/C20H20N2O3.C7H14/c1-11-7-8-14-17-15(10-9-13(16(11)17)18(21)23)20(25)22(19(14)24)12-5-3-2-4-6-12;1-7-5-3-2-4-6-7/h7-10,12H,2-6H2,1H3,(H2,21,23);7H,2-6H2,1H3. The van der Waals surface area contributed by atoms with E-state index in [1.165, 1.54) is 37.0 Å². The van der Waals surface area contributed by atoms with Crippen molar-refractivity contribution < 1.29 is 14.4 Å². The Morgan fingerprint density at radius 2 is 1.34 bits per heavy atom. The van der Waals surface area contributed by atoms with Crippen molar-refractivity contribution in [3.8, 4) is 0 Å². The molecule has 3 aliphatic rings. The van der Waals surface area contributed by atoms with Gasteiger partial charge in [0.05, 0.1) is 0 Å². The van der Waals surface area contributed by atoms with Crippen molar-refractivity contribution in [2.45, 2.75) is 84.1 Å². The summed E-state index contributed by atoms with van der Waals surface area (Å²) in [5.74, 6) is -0.0257. The number of carbonyl (C=O) groups excluding carboxylic acids is 3. The Bertz CT molecular complexity index is 1020. The van der Waals surface area contributed by atoms with Crippen LogP contribution in [0.25, 0.3) is 10.8 Å². The number of hydrogen-bond acceptors (Lipinski definition) is 3. The van der Waals surface area contributed by atoms with Crippen LogP contribution in [0.2, 0.25) is 0 Å². The van der Waals surface area contributed by atoms with Gasteiger partial charge in [0.2, 0.25) is 5.91 Å². The number of imide groups is 1. The predicted molar refractivity (Wildman–Crippen MR) is 127 cm³/mol. The van der Waals surface area contributed by atoms with E-state index in [0.29, 0.717) is 27.5 Å². The van der Waals surface area contributed by atoms with Crippen molar-refractivity contribution in [2.24, 2.45) is 11.7 Å². The molecule has 5 nitrogen and oxygen atoms in total. The summed E-state index contributed by atoms with van der Waals surface area (Å²) in [5, 5.41) is 1.19. The van der Waals surface area contributed by atoms with E-state index in [1.54, 1.807) is 18.2 Å². The topological polar surface area (TPSA) is 80.5 Å². The van der Waals surface area contributed by atoms with E-state index >= 15 is 0 Å². The highest BCUT2D eigenvalue weighted by atomic mass is 16.2. The van der Waals surface area contributed by atoms with Gasteiger partial charge in [0, 0.05) is 28.1 Å². The molecule has 2 saturated carbocycles. The lowest BCUT2D eigenvalue weighted by Gasteiger charge is -2.36. The van der Waals surface area contributed by atoms with Gasteiger partial charge in [0.25, 0.3) is 11.8 Å². The average molecular weight is 435 g/mol. The van der Waals surface area contributed by atoms with Gasteiger partial charge in [0.15, 0.2) is 0 Å². The first-order valence-corrected chi connectivity index (χ1v) is 12.1. The van der Waals surface area contributed by atoms with E-state index in [2.05, 4.69) is 6.92 Å². The highest BCUT2D eigenvalue weighted by Crippen LogP contribution is 2.36. The lowest BCUT2D eigenvalue weighted by atomic mass is 9.86. The second kappa shape index (κ2) is 9.43. The summed E-state index contributed by atoms with van der Waals surface area (Å²) in [6.45, 7) is 4.22. The minimum atomic E-state index is -0.554. The second-order valence-corrected chi connectivity index (χ2v) is 9.72. The third-order valence-electron chi connectivity index (χ3n) is 7.37. The zero-order valence-electron chi connectivity index (χ0n) is 19.3. The quantitative estimate of drug-likeness (QED) is 0.610. The highest BCUT2D eigenvalue weighted by Gasteiger charge is 2.38. The molecule has 2 fully saturated rings. The van der Waals surface area contributed by atoms with Crippen molar-refractivity contribution in [1.82, 2.24) is 4.90 Å². The summed E-state index contributed by atoms with van der Waals surface area (Å²) in [5.41, 5.74) is 7.67. The van der Waals surface area contributed by atoms with Crippen LogP contribution in [0.15, 0.2) is 24.3 Å². The number of rotatable bonds is 2.